The average molecular weight is 383 g/mol. The highest BCUT2D eigenvalue weighted by Gasteiger charge is 2.48. The van der Waals surface area contributed by atoms with E-state index < -0.39 is 42.2 Å². The van der Waals surface area contributed by atoms with Crippen molar-refractivity contribution in [2.24, 2.45) is 0 Å². The molecular weight excluding hydrogens is 358 g/mol. The number of aliphatic carboxylic acids is 1. The Bertz CT molecular complexity index is 741. The van der Waals surface area contributed by atoms with Crippen LogP contribution in [-0.4, -0.2) is 61.8 Å². The summed E-state index contributed by atoms with van der Waals surface area (Å²) in [7, 11) is 0. The minimum Gasteiger partial charge on any atom is -0.479 e. The van der Waals surface area contributed by atoms with Crippen LogP contribution < -0.4 is 10.4 Å². The van der Waals surface area contributed by atoms with E-state index in [-0.39, 0.29) is 5.92 Å². The van der Waals surface area contributed by atoms with E-state index >= 15 is 0 Å². The Morgan fingerprint density at radius 3 is 2.41 bits per heavy atom. The van der Waals surface area contributed by atoms with Gasteiger partial charge in [0.1, 0.15) is 18.3 Å². The molecule has 27 heavy (non-hydrogen) atoms. The topological polar surface area (TPSA) is 138 Å². The minimum absolute atomic E-state index is 0.0952. The molecule has 1 aromatic heterocycles. The number of hydrogen-bond donors (Lipinski definition) is 4. The van der Waals surface area contributed by atoms with Crippen molar-refractivity contribution in [3.05, 3.63) is 33.7 Å². The van der Waals surface area contributed by atoms with Gasteiger partial charge in [-0.3, -0.25) is 4.79 Å². The number of hydrogen-bond acceptors (Lipinski definition) is 7. The van der Waals surface area contributed by atoms with Crippen LogP contribution in [0.25, 0.3) is 0 Å². The number of carboxylic acid groups (broad SMARTS) is 1. The van der Waals surface area contributed by atoms with E-state index in [0.29, 0.717) is 5.69 Å². The van der Waals surface area contributed by atoms with Crippen LogP contribution in [0.1, 0.15) is 49.3 Å². The van der Waals surface area contributed by atoms with Crippen LogP contribution in [0.3, 0.4) is 0 Å². The lowest BCUT2D eigenvalue weighted by Gasteiger charge is -2.38. The molecule has 5 atom stereocenters. The lowest BCUT2D eigenvalue weighted by atomic mass is 9.86. The lowest BCUT2D eigenvalue weighted by molar-refractivity contribution is -0.295. The molecule has 1 saturated heterocycles. The minimum atomic E-state index is -1.81. The van der Waals surface area contributed by atoms with Crippen molar-refractivity contribution >= 4 is 5.97 Å². The third-order valence-corrected chi connectivity index (χ3v) is 5.21. The summed E-state index contributed by atoms with van der Waals surface area (Å²) >= 11 is 0. The molecule has 2 fully saturated rings. The molecular formula is C18H25NO8. The van der Waals surface area contributed by atoms with Crippen LogP contribution in [0.2, 0.25) is 0 Å². The first-order valence-corrected chi connectivity index (χ1v) is 9.13. The fourth-order valence-electron chi connectivity index (χ4n) is 3.75. The van der Waals surface area contributed by atoms with Gasteiger partial charge in [-0.25, -0.2) is 4.79 Å². The molecule has 0 aromatic carbocycles. The van der Waals surface area contributed by atoms with Gasteiger partial charge in [0.2, 0.25) is 0 Å². The van der Waals surface area contributed by atoms with E-state index in [1.54, 1.807) is 6.92 Å². The number of carboxylic acids is 1. The van der Waals surface area contributed by atoms with Crippen LogP contribution in [0.15, 0.2) is 16.9 Å². The van der Waals surface area contributed by atoms with Gasteiger partial charge in [0.25, 0.3) is 11.8 Å². The SMILES string of the molecule is Cc1cc(C2CCCCC2)n(O[C@H]2O[C@H](C(=O)O)[C@H](O)[C@@H](O)[C@@H]2O)c(=O)c1. The van der Waals surface area contributed by atoms with Crippen molar-refractivity contribution in [2.45, 2.75) is 75.7 Å². The second kappa shape index (κ2) is 7.97. The van der Waals surface area contributed by atoms with Gasteiger partial charge >= 0.3 is 5.97 Å². The zero-order valence-electron chi connectivity index (χ0n) is 15.0. The van der Waals surface area contributed by atoms with Gasteiger partial charge in [0, 0.05) is 12.0 Å². The number of aliphatic hydroxyl groups is 3. The highest BCUT2D eigenvalue weighted by molar-refractivity contribution is 5.73. The van der Waals surface area contributed by atoms with E-state index in [1.165, 1.54) is 6.07 Å². The maximum absolute atomic E-state index is 12.5. The zero-order chi connectivity index (χ0) is 19.7. The molecule has 0 bridgehead atoms. The number of aliphatic hydroxyl groups excluding tert-OH is 3. The highest BCUT2D eigenvalue weighted by atomic mass is 16.8. The molecule has 0 unspecified atom stereocenters. The molecule has 2 heterocycles. The fourth-order valence-corrected chi connectivity index (χ4v) is 3.75. The van der Waals surface area contributed by atoms with Gasteiger partial charge in [-0.1, -0.05) is 19.3 Å². The number of ether oxygens (including phenoxy) is 1. The molecule has 1 aliphatic carbocycles. The van der Waals surface area contributed by atoms with Gasteiger partial charge < -0.3 is 30.0 Å². The quantitative estimate of drug-likeness (QED) is 0.547. The summed E-state index contributed by atoms with van der Waals surface area (Å²) in [5.74, 6) is -1.41. The third-order valence-electron chi connectivity index (χ3n) is 5.21. The van der Waals surface area contributed by atoms with E-state index in [1.807, 2.05) is 6.07 Å². The van der Waals surface area contributed by atoms with Crippen LogP contribution >= 0.6 is 0 Å². The Labute approximate surface area is 155 Å². The number of pyridine rings is 1. The maximum Gasteiger partial charge on any atom is 0.335 e. The molecule has 3 rings (SSSR count). The van der Waals surface area contributed by atoms with Crippen molar-refractivity contribution in [3.63, 3.8) is 0 Å². The number of aromatic nitrogens is 1. The van der Waals surface area contributed by atoms with Crippen molar-refractivity contribution in [1.82, 2.24) is 4.73 Å². The molecule has 1 aliphatic heterocycles. The van der Waals surface area contributed by atoms with Gasteiger partial charge in [0.15, 0.2) is 6.10 Å². The second-order valence-corrected chi connectivity index (χ2v) is 7.27. The van der Waals surface area contributed by atoms with E-state index in [2.05, 4.69) is 0 Å². The molecule has 2 aliphatic rings. The van der Waals surface area contributed by atoms with Gasteiger partial charge in [0.05, 0.1) is 5.69 Å². The van der Waals surface area contributed by atoms with Crippen LogP contribution in [0.4, 0.5) is 0 Å². The summed E-state index contributed by atoms with van der Waals surface area (Å²) in [6.07, 6.45) is -3.76. The molecule has 9 nitrogen and oxygen atoms in total. The normalized spacial score (nSPS) is 32.2. The number of rotatable bonds is 4. The molecule has 0 radical (unpaired) electrons. The smallest absolute Gasteiger partial charge is 0.335 e. The molecule has 4 N–H and O–H groups in total. The molecule has 0 amide bonds. The summed E-state index contributed by atoms with van der Waals surface area (Å²) in [6, 6.07) is 3.19. The summed E-state index contributed by atoms with van der Waals surface area (Å²) in [6.45, 7) is 1.80. The Morgan fingerprint density at radius 1 is 1.11 bits per heavy atom. The summed E-state index contributed by atoms with van der Waals surface area (Å²) in [5.41, 5.74) is 0.922. The van der Waals surface area contributed by atoms with E-state index in [4.69, 9.17) is 14.7 Å². The Morgan fingerprint density at radius 2 is 1.78 bits per heavy atom. The van der Waals surface area contributed by atoms with Crippen molar-refractivity contribution in [3.8, 4) is 0 Å². The highest BCUT2D eigenvalue weighted by Crippen LogP contribution is 2.32. The van der Waals surface area contributed by atoms with Crippen LogP contribution in [0, 0.1) is 6.92 Å². The Kier molecular flexibility index (Phi) is 5.85. The summed E-state index contributed by atoms with van der Waals surface area (Å²) < 4.78 is 6.15. The summed E-state index contributed by atoms with van der Waals surface area (Å²) in [4.78, 5) is 29.3. The van der Waals surface area contributed by atoms with Crippen molar-refractivity contribution in [2.75, 3.05) is 0 Å². The first-order chi connectivity index (χ1) is 12.8. The summed E-state index contributed by atoms with van der Waals surface area (Å²) in [5, 5.41) is 39.0. The largest absolute Gasteiger partial charge is 0.479 e. The second-order valence-electron chi connectivity index (χ2n) is 7.27. The molecule has 150 valence electrons. The number of nitrogens with zero attached hydrogens (tertiary/aromatic N) is 1. The lowest BCUT2D eigenvalue weighted by Crippen LogP contribution is -2.62. The van der Waals surface area contributed by atoms with Crippen molar-refractivity contribution < 1.29 is 34.8 Å². The van der Waals surface area contributed by atoms with Gasteiger partial charge in [-0.05, 0) is 31.4 Å². The fraction of sp³-hybridized carbons (Fsp3) is 0.667. The zero-order valence-corrected chi connectivity index (χ0v) is 15.0. The predicted octanol–water partition coefficient (Wildman–Crippen LogP) is -0.475. The van der Waals surface area contributed by atoms with E-state index in [0.717, 1.165) is 42.4 Å². The Hall–Kier alpha value is -1.94. The molecule has 0 spiro atoms. The molecule has 9 heteroatoms. The average Bonchev–Trinajstić information content (AvgIpc) is 2.64. The number of carbonyl (C=O) groups is 1. The first kappa shape index (κ1) is 19.8. The Balaban J connectivity index is 1.92. The predicted molar refractivity (Wildman–Crippen MR) is 92.2 cm³/mol. The third kappa shape index (κ3) is 4.01. The monoisotopic (exact) mass is 383 g/mol. The standard InChI is InChI=1S/C18H25NO8/c1-9-7-11(10-5-3-2-4-6-10)19(12(20)8-9)27-18-15(23)13(21)14(22)16(26-18)17(24)25/h7-8,10,13-16,18,21-23H,2-6H2,1H3,(H,24,25)/t13-,14-,15+,16+,18-/m1/s1. The van der Waals surface area contributed by atoms with Gasteiger partial charge in [-0.2, -0.15) is 0 Å². The molecule has 1 saturated carbocycles. The molecule has 1 aromatic rings. The van der Waals surface area contributed by atoms with Crippen LogP contribution in [0.5, 0.6) is 0 Å². The first-order valence-electron chi connectivity index (χ1n) is 9.13. The maximum atomic E-state index is 12.5. The number of aryl methyl sites for hydroxylation is 1. The van der Waals surface area contributed by atoms with Crippen LogP contribution in [-0.2, 0) is 9.53 Å². The van der Waals surface area contributed by atoms with Gasteiger partial charge in [-0.15, -0.1) is 4.73 Å². The van der Waals surface area contributed by atoms with E-state index in [9.17, 15) is 24.9 Å². The van der Waals surface area contributed by atoms with Crippen molar-refractivity contribution in [1.29, 1.82) is 0 Å².